The minimum absolute atomic E-state index is 0.399. The van der Waals surface area contributed by atoms with Gasteiger partial charge in [0.1, 0.15) is 12.1 Å². The smallest absolute Gasteiger partial charge is 0.101 e. The van der Waals surface area contributed by atoms with E-state index < -0.39 is 0 Å². The van der Waals surface area contributed by atoms with Crippen molar-refractivity contribution in [1.29, 1.82) is 10.5 Å². The van der Waals surface area contributed by atoms with Crippen molar-refractivity contribution in [2.75, 3.05) is 9.80 Å². The first-order valence-electron chi connectivity index (χ1n) is 19.9. The Morgan fingerprint density at radius 2 is 0.550 bits per heavy atom. The maximum absolute atomic E-state index is 10.3. The molecule has 0 fully saturated rings. The van der Waals surface area contributed by atoms with Gasteiger partial charge in [0.2, 0.25) is 0 Å². The molecule has 0 N–H and O–H groups in total. The summed E-state index contributed by atoms with van der Waals surface area (Å²) in [6.45, 7) is 0. The van der Waals surface area contributed by atoms with Crippen molar-refractivity contribution in [3.8, 4) is 12.1 Å². The molecule has 4 nitrogen and oxygen atoms in total. The highest BCUT2D eigenvalue weighted by molar-refractivity contribution is 6.14. The summed E-state index contributed by atoms with van der Waals surface area (Å²) >= 11 is 0. The average Bonchev–Trinajstić information content (AvgIpc) is 3.32. The number of anilines is 6. The van der Waals surface area contributed by atoms with Crippen molar-refractivity contribution in [1.82, 2.24) is 0 Å². The summed E-state index contributed by atoms with van der Waals surface area (Å²) in [6, 6.07) is 75.4. The monoisotopic (exact) mass is 766 g/mol. The lowest BCUT2D eigenvalue weighted by atomic mass is 9.90. The van der Waals surface area contributed by atoms with Crippen LogP contribution in [0.15, 0.2) is 206 Å². The van der Waals surface area contributed by atoms with E-state index in [1.807, 2.05) is 48.5 Å². The summed E-state index contributed by atoms with van der Waals surface area (Å²) in [4.78, 5) is 4.49. The SMILES string of the molecule is N#Cc1c(C#N)c2ccc(/C=C\c3ccc(N(c4ccccc4)c4ccccc4)cc3)cc2c2cc(/C=C\c3ccc(N(c4ccccc4)c4ccccc4)cc3)ccc12. The molecule has 0 bridgehead atoms. The van der Waals surface area contributed by atoms with E-state index in [0.717, 1.165) is 77.9 Å². The predicted molar refractivity (Wildman–Crippen MR) is 251 cm³/mol. The zero-order valence-electron chi connectivity index (χ0n) is 32.7. The number of fused-ring (bicyclic) bond motifs is 3. The standard InChI is InChI=1S/C56H38N4/c57-39-55-51-35-29-43(23-21-41-25-31-49(32-26-41)59(45-13-5-1-6-14-45)46-15-7-2-8-16-46)37-53(51)54-38-44(30-36-52(54)56(55)40-58)24-22-42-27-33-50(34-28-42)60(47-17-9-3-10-18-47)48-19-11-4-12-20-48/h1-38H/b23-21-,24-22-. The largest absolute Gasteiger partial charge is 0.311 e. The van der Waals surface area contributed by atoms with Gasteiger partial charge in [-0.05, 0) is 118 Å². The number of rotatable bonds is 10. The molecule has 0 aromatic heterocycles. The van der Waals surface area contributed by atoms with Crippen molar-refractivity contribution < 1.29 is 0 Å². The number of nitriles is 2. The first-order chi connectivity index (χ1) is 29.7. The van der Waals surface area contributed by atoms with Gasteiger partial charge in [0.25, 0.3) is 0 Å². The molecule has 0 saturated heterocycles. The van der Waals surface area contributed by atoms with E-state index >= 15 is 0 Å². The summed E-state index contributed by atoms with van der Waals surface area (Å²) in [5, 5.41) is 23.9. The van der Waals surface area contributed by atoms with Crippen LogP contribution >= 0.6 is 0 Å². The average molecular weight is 767 g/mol. The van der Waals surface area contributed by atoms with E-state index in [1.165, 1.54) is 0 Å². The quantitative estimate of drug-likeness (QED) is 0.103. The molecule has 0 atom stereocenters. The van der Waals surface area contributed by atoms with Crippen LogP contribution in [0.2, 0.25) is 0 Å². The molecule has 0 aliphatic rings. The molecule has 9 rings (SSSR count). The Balaban J connectivity index is 1.01. The second-order valence-electron chi connectivity index (χ2n) is 14.4. The third-order valence-corrected chi connectivity index (χ3v) is 10.7. The molecule has 4 heteroatoms. The highest BCUT2D eigenvalue weighted by Gasteiger charge is 2.16. The molecular formula is C56H38N4. The van der Waals surface area contributed by atoms with Crippen molar-refractivity contribution >= 4 is 80.0 Å². The number of nitrogens with zero attached hydrogens (tertiary/aromatic N) is 4. The number of hydrogen-bond donors (Lipinski definition) is 0. The van der Waals surface area contributed by atoms with Crippen molar-refractivity contribution in [2.24, 2.45) is 0 Å². The van der Waals surface area contributed by atoms with Crippen LogP contribution in [0.25, 0.3) is 45.8 Å². The highest BCUT2D eigenvalue weighted by atomic mass is 15.1. The summed E-state index contributed by atoms with van der Waals surface area (Å²) < 4.78 is 0. The van der Waals surface area contributed by atoms with Crippen LogP contribution in [-0.2, 0) is 0 Å². The molecular weight excluding hydrogens is 729 g/mol. The third-order valence-electron chi connectivity index (χ3n) is 10.7. The van der Waals surface area contributed by atoms with Crippen molar-refractivity contribution in [3.63, 3.8) is 0 Å². The lowest BCUT2D eigenvalue weighted by molar-refractivity contribution is 1.28. The van der Waals surface area contributed by atoms with Gasteiger partial charge in [-0.2, -0.15) is 10.5 Å². The fourth-order valence-electron chi connectivity index (χ4n) is 7.77. The second kappa shape index (κ2) is 17.0. The fraction of sp³-hybridized carbons (Fsp3) is 0. The van der Waals surface area contributed by atoms with E-state index in [2.05, 4.69) is 204 Å². The molecule has 9 aromatic rings. The normalized spacial score (nSPS) is 11.2. The molecule has 0 saturated carbocycles. The maximum atomic E-state index is 10.3. The molecule has 60 heavy (non-hydrogen) atoms. The summed E-state index contributed by atoms with van der Waals surface area (Å²) in [7, 11) is 0. The van der Waals surface area contributed by atoms with E-state index in [9.17, 15) is 10.5 Å². The topological polar surface area (TPSA) is 54.1 Å². The van der Waals surface area contributed by atoms with Crippen LogP contribution in [0.3, 0.4) is 0 Å². The lowest BCUT2D eigenvalue weighted by Crippen LogP contribution is -2.09. The number of para-hydroxylation sites is 4. The van der Waals surface area contributed by atoms with Crippen molar-refractivity contribution in [2.45, 2.75) is 0 Å². The van der Waals surface area contributed by atoms with Gasteiger partial charge in [-0.25, -0.2) is 0 Å². The van der Waals surface area contributed by atoms with Gasteiger partial charge >= 0.3 is 0 Å². The van der Waals surface area contributed by atoms with E-state index in [0.29, 0.717) is 11.1 Å². The first-order valence-corrected chi connectivity index (χ1v) is 19.9. The maximum Gasteiger partial charge on any atom is 0.101 e. The molecule has 0 amide bonds. The Labute approximate surface area is 350 Å². The van der Waals surface area contributed by atoms with Crippen LogP contribution in [0, 0.1) is 22.7 Å². The van der Waals surface area contributed by atoms with Gasteiger partial charge in [0, 0.05) is 44.9 Å². The van der Waals surface area contributed by atoms with E-state index in [1.54, 1.807) is 0 Å². The predicted octanol–water partition coefficient (Wildman–Crippen LogP) is 15.0. The van der Waals surface area contributed by atoms with E-state index in [-0.39, 0.29) is 0 Å². The molecule has 0 radical (unpaired) electrons. The molecule has 0 aliphatic carbocycles. The highest BCUT2D eigenvalue weighted by Crippen LogP contribution is 2.37. The summed E-state index contributed by atoms with van der Waals surface area (Å²) in [6.07, 6.45) is 8.41. The summed E-state index contributed by atoms with van der Waals surface area (Å²) in [5.74, 6) is 0. The summed E-state index contributed by atoms with van der Waals surface area (Å²) in [5.41, 5.74) is 11.4. The Morgan fingerprint density at radius 1 is 0.283 bits per heavy atom. The van der Waals surface area contributed by atoms with Gasteiger partial charge in [-0.15, -0.1) is 0 Å². The van der Waals surface area contributed by atoms with Crippen molar-refractivity contribution in [3.05, 3.63) is 240 Å². The Hall–Kier alpha value is -8.44. The van der Waals surface area contributed by atoms with Gasteiger partial charge in [0.05, 0.1) is 11.1 Å². The molecule has 0 heterocycles. The van der Waals surface area contributed by atoms with E-state index in [4.69, 9.17) is 0 Å². The molecule has 0 aliphatic heterocycles. The fourth-order valence-corrected chi connectivity index (χ4v) is 7.77. The Morgan fingerprint density at radius 3 is 0.850 bits per heavy atom. The van der Waals surface area contributed by atoms with Gasteiger partial charge in [-0.1, -0.05) is 146 Å². The first kappa shape index (κ1) is 37.2. The van der Waals surface area contributed by atoms with Crippen LogP contribution < -0.4 is 9.80 Å². The Kier molecular flexibility index (Phi) is 10.5. The minimum atomic E-state index is 0.399. The van der Waals surface area contributed by atoms with Gasteiger partial charge < -0.3 is 9.80 Å². The molecule has 9 aromatic carbocycles. The Bertz CT molecular complexity index is 2780. The van der Waals surface area contributed by atoms with Crippen LogP contribution in [0.4, 0.5) is 34.1 Å². The zero-order chi connectivity index (χ0) is 40.7. The van der Waals surface area contributed by atoms with Gasteiger partial charge in [-0.3, -0.25) is 0 Å². The molecule has 0 spiro atoms. The number of benzene rings is 9. The van der Waals surface area contributed by atoms with Gasteiger partial charge in [0.15, 0.2) is 0 Å². The third kappa shape index (κ3) is 7.65. The lowest BCUT2D eigenvalue weighted by Gasteiger charge is -2.25. The number of hydrogen-bond acceptors (Lipinski definition) is 4. The molecule has 0 unspecified atom stereocenters. The second-order valence-corrected chi connectivity index (χ2v) is 14.4. The van der Waals surface area contributed by atoms with Crippen LogP contribution in [-0.4, -0.2) is 0 Å². The minimum Gasteiger partial charge on any atom is -0.311 e. The zero-order valence-corrected chi connectivity index (χ0v) is 32.7. The molecule has 282 valence electrons. The van der Waals surface area contributed by atoms with Crippen LogP contribution in [0.1, 0.15) is 33.4 Å². The van der Waals surface area contributed by atoms with Crippen LogP contribution in [0.5, 0.6) is 0 Å².